The van der Waals surface area contributed by atoms with Gasteiger partial charge in [0.15, 0.2) is 0 Å². The third-order valence-electron chi connectivity index (χ3n) is 3.61. The molecule has 1 fully saturated rings. The fourth-order valence-corrected chi connectivity index (χ4v) is 3.88. The van der Waals surface area contributed by atoms with E-state index in [-0.39, 0.29) is 30.0 Å². The highest BCUT2D eigenvalue weighted by molar-refractivity contribution is 9.11. The standard InChI is InChI=1S/C13H18BrNO2S/c1-7-8(2)17-9(3)12(7)13(16)15-6-10-4-5-11(14)18-10/h4-5,7-9,12H,6H2,1-3H3,(H,15,16). The third-order valence-corrected chi connectivity index (χ3v) is 5.23. The lowest BCUT2D eigenvalue weighted by Gasteiger charge is -2.17. The number of ether oxygens (including phenoxy) is 1. The second-order valence-corrected chi connectivity index (χ2v) is 7.40. The lowest BCUT2D eigenvalue weighted by Crippen LogP contribution is -2.36. The molecule has 1 aromatic heterocycles. The molecule has 1 aliphatic rings. The van der Waals surface area contributed by atoms with Crippen LogP contribution in [0.2, 0.25) is 0 Å². The molecule has 4 atom stereocenters. The van der Waals surface area contributed by atoms with Crippen LogP contribution in [0.4, 0.5) is 0 Å². The van der Waals surface area contributed by atoms with Gasteiger partial charge in [0.2, 0.25) is 5.91 Å². The van der Waals surface area contributed by atoms with E-state index < -0.39 is 0 Å². The molecule has 1 aliphatic heterocycles. The van der Waals surface area contributed by atoms with Gasteiger partial charge in [0.25, 0.3) is 0 Å². The number of thiophene rings is 1. The fraction of sp³-hybridized carbons (Fsp3) is 0.615. The largest absolute Gasteiger partial charge is 0.374 e. The van der Waals surface area contributed by atoms with Gasteiger partial charge in [-0.25, -0.2) is 0 Å². The number of rotatable bonds is 3. The van der Waals surface area contributed by atoms with E-state index in [1.807, 2.05) is 26.0 Å². The summed E-state index contributed by atoms with van der Waals surface area (Å²) in [5.74, 6) is 0.336. The molecule has 0 radical (unpaired) electrons. The molecular formula is C13H18BrNO2S. The van der Waals surface area contributed by atoms with E-state index in [0.29, 0.717) is 6.54 Å². The number of carbonyl (C=O) groups is 1. The Labute approximate surface area is 120 Å². The van der Waals surface area contributed by atoms with Crippen molar-refractivity contribution in [1.29, 1.82) is 0 Å². The zero-order valence-corrected chi connectivity index (χ0v) is 13.2. The van der Waals surface area contributed by atoms with Gasteiger partial charge in [0.1, 0.15) is 0 Å². The second kappa shape index (κ2) is 5.72. The Kier molecular flexibility index (Phi) is 4.45. The Bertz CT molecular complexity index is 434. The van der Waals surface area contributed by atoms with Gasteiger partial charge < -0.3 is 10.1 Å². The summed E-state index contributed by atoms with van der Waals surface area (Å²) < 4.78 is 6.79. The summed E-state index contributed by atoms with van der Waals surface area (Å²) in [6.07, 6.45) is 0.164. The Morgan fingerprint density at radius 2 is 2.11 bits per heavy atom. The average Bonchev–Trinajstić information content (AvgIpc) is 2.82. The Hall–Kier alpha value is -0.390. The SMILES string of the molecule is CC1OC(C)C(C(=O)NCc2ccc(Br)s2)C1C. The molecule has 1 N–H and O–H groups in total. The molecule has 0 aromatic carbocycles. The highest BCUT2D eigenvalue weighted by atomic mass is 79.9. The number of carbonyl (C=O) groups excluding carboxylic acids is 1. The smallest absolute Gasteiger partial charge is 0.226 e. The van der Waals surface area contributed by atoms with Crippen molar-refractivity contribution in [2.75, 3.05) is 0 Å². The summed E-state index contributed by atoms with van der Waals surface area (Å²) in [4.78, 5) is 13.3. The van der Waals surface area contributed by atoms with Crippen LogP contribution in [0.15, 0.2) is 15.9 Å². The first kappa shape index (κ1) is 14.0. The summed E-state index contributed by atoms with van der Waals surface area (Å²) in [6, 6.07) is 4.02. The molecule has 1 amide bonds. The lowest BCUT2D eigenvalue weighted by molar-refractivity contribution is -0.127. The van der Waals surface area contributed by atoms with Crippen LogP contribution in [0, 0.1) is 11.8 Å². The Balaban J connectivity index is 1.92. The van der Waals surface area contributed by atoms with Crippen molar-refractivity contribution in [3.63, 3.8) is 0 Å². The minimum Gasteiger partial charge on any atom is -0.374 e. The van der Waals surface area contributed by atoms with Gasteiger partial charge in [-0.15, -0.1) is 11.3 Å². The predicted molar refractivity (Wildman–Crippen MR) is 76.5 cm³/mol. The van der Waals surface area contributed by atoms with Crippen molar-refractivity contribution in [2.24, 2.45) is 11.8 Å². The van der Waals surface area contributed by atoms with Crippen LogP contribution in [-0.4, -0.2) is 18.1 Å². The topological polar surface area (TPSA) is 38.3 Å². The quantitative estimate of drug-likeness (QED) is 0.923. The number of hydrogen-bond donors (Lipinski definition) is 1. The number of amides is 1. The van der Waals surface area contributed by atoms with Crippen molar-refractivity contribution in [3.05, 3.63) is 20.8 Å². The molecule has 2 heterocycles. The van der Waals surface area contributed by atoms with Crippen LogP contribution >= 0.6 is 27.3 Å². The molecule has 5 heteroatoms. The molecule has 1 aromatic rings. The number of hydrogen-bond acceptors (Lipinski definition) is 3. The normalized spacial score (nSPS) is 31.6. The number of halogens is 1. The maximum absolute atomic E-state index is 12.2. The molecule has 0 saturated carbocycles. The summed E-state index contributed by atoms with van der Waals surface area (Å²) in [5.41, 5.74) is 0. The first-order valence-corrected chi connectivity index (χ1v) is 7.77. The molecule has 2 rings (SSSR count). The van der Waals surface area contributed by atoms with Crippen LogP contribution in [0.3, 0.4) is 0 Å². The minimum absolute atomic E-state index is 0.00470. The Morgan fingerprint density at radius 3 is 2.61 bits per heavy atom. The molecular weight excluding hydrogens is 314 g/mol. The fourth-order valence-electron chi connectivity index (χ4n) is 2.46. The summed E-state index contributed by atoms with van der Waals surface area (Å²) >= 11 is 5.06. The summed E-state index contributed by atoms with van der Waals surface area (Å²) in [5, 5.41) is 3.01. The van der Waals surface area contributed by atoms with Gasteiger partial charge in [-0.2, -0.15) is 0 Å². The maximum Gasteiger partial charge on any atom is 0.226 e. The van der Waals surface area contributed by atoms with Crippen molar-refractivity contribution < 1.29 is 9.53 Å². The van der Waals surface area contributed by atoms with Gasteiger partial charge in [0.05, 0.1) is 28.5 Å². The van der Waals surface area contributed by atoms with Gasteiger partial charge in [-0.3, -0.25) is 4.79 Å². The first-order chi connectivity index (χ1) is 8.49. The van der Waals surface area contributed by atoms with Gasteiger partial charge in [-0.05, 0) is 47.8 Å². The molecule has 18 heavy (non-hydrogen) atoms. The second-order valence-electron chi connectivity index (χ2n) is 4.85. The zero-order valence-electron chi connectivity index (χ0n) is 10.8. The molecule has 0 aliphatic carbocycles. The van der Waals surface area contributed by atoms with Gasteiger partial charge >= 0.3 is 0 Å². The summed E-state index contributed by atoms with van der Waals surface area (Å²) in [6.45, 7) is 6.69. The lowest BCUT2D eigenvalue weighted by atomic mass is 9.89. The van der Waals surface area contributed by atoms with E-state index >= 15 is 0 Å². The Morgan fingerprint density at radius 1 is 1.39 bits per heavy atom. The van der Waals surface area contributed by atoms with Crippen LogP contribution in [-0.2, 0) is 16.1 Å². The third kappa shape index (κ3) is 2.95. The minimum atomic E-state index is -0.0385. The first-order valence-electron chi connectivity index (χ1n) is 6.16. The monoisotopic (exact) mass is 331 g/mol. The van der Waals surface area contributed by atoms with E-state index in [0.717, 1.165) is 8.66 Å². The van der Waals surface area contributed by atoms with Crippen molar-refractivity contribution >= 4 is 33.2 Å². The molecule has 1 saturated heterocycles. The molecule has 3 nitrogen and oxygen atoms in total. The average molecular weight is 332 g/mol. The van der Waals surface area contributed by atoms with Crippen molar-refractivity contribution in [3.8, 4) is 0 Å². The molecule has 0 bridgehead atoms. The molecule has 100 valence electrons. The highest BCUT2D eigenvalue weighted by Crippen LogP contribution is 2.32. The van der Waals surface area contributed by atoms with Gasteiger partial charge in [-0.1, -0.05) is 6.92 Å². The summed E-state index contributed by atoms with van der Waals surface area (Å²) in [7, 11) is 0. The van der Waals surface area contributed by atoms with E-state index in [1.54, 1.807) is 11.3 Å². The maximum atomic E-state index is 12.2. The van der Waals surface area contributed by atoms with Gasteiger partial charge in [0, 0.05) is 4.88 Å². The van der Waals surface area contributed by atoms with Crippen molar-refractivity contribution in [1.82, 2.24) is 5.32 Å². The van der Waals surface area contributed by atoms with Crippen LogP contribution in [0.1, 0.15) is 25.6 Å². The van der Waals surface area contributed by atoms with E-state index in [4.69, 9.17) is 4.74 Å². The number of nitrogens with one attached hydrogen (secondary N) is 1. The highest BCUT2D eigenvalue weighted by Gasteiger charge is 2.41. The van der Waals surface area contributed by atoms with E-state index in [2.05, 4.69) is 28.2 Å². The zero-order chi connectivity index (χ0) is 13.3. The predicted octanol–water partition coefficient (Wildman–Crippen LogP) is 3.19. The molecule has 4 unspecified atom stereocenters. The van der Waals surface area contributed by atoms with E-state index in [1.165, 1.54) is 0 Å². The van der Waals surface area contributed by atoms with E-state index in [9.17, 15) is 4.79 Å². The van der Waals surface area contributed by atoms with Crippen LogP contribution in [0.5, 0.6) is 0 Å². The van der Waals surface area contributed by atoms with Crippen LogP contribution < -0.4 is 5.32 Å². The molecule has 0 spiro atoms. The van der Waals surface area contributed by atoms with Crippen LogP contribution in [0.25, 0.3) is 0 Å². The van der Waals surface area contributed by atoms with Crippen molar-refractivity contribution in [2.45, 2.75) is 39.5 Å².